The third-order valence-electron chi connectivity index (χ3n) is 4.33. The zero-order valence-corrected chi connectivity index (χ0v) is 15.7. The molecule has 0 aromatic heterocycles. The van der Waals surface area contributed by atoms with E-state index in [1.165, 1.54) is 96.3 Å². The minimum Gasteiger partial charge on any atom is -0.405 e. The molecule has 2 nitrogen and oxygen atoms in total. The van der Waals surface area contributed by atoms with E-state index < -0.39 is 0 Å². The zero-order chi connectivity index (χ0) is 16.8. The zero-order valence-electron chi connectivity index (χ0n) is 15.7. The summed E-state index contributed by atoms with van der Waals surface area (Å²) in [5.41, 5.74) is 5.26. The molecule has 2 heteroatoms. The standard InChI is InChI=1S/C21H42N2/c1-2-3-4-5-6-7-8-9-10-11-12-13-14-15-16-17-20-23-21-18-19-22/h17-20,23H,2-16,21-22H2,1H3. The van der Waals surface area contributed by atoms with Crippen LogP contribution in [0.25, 0.3) is 0 Å². The largest absolute Gasteiger partial charge is 0.405 e. The van der Waals surface area contributed by atoms with E-state index in [-0.39, 0.29) is 0 Å². The van der Waals surface area contributed by atoms with Gasteiger partial charge < -0.3 is 11.1 Å². The Morgan fingerprint density at radius 1 is 0.652 bits per heavy atom. The number of nitrogens with two attached hydrogens (primary N) is 1. The van der Waals surface area contributed by atoms with E-state index >= 15 is 0 Å². The van der Waals surface area contributed by atoms with Gasteiger partial charge in [0.1, 0.15) is 0 Å². The Hall–Kier alpha value is -0.920. The quantitative estimate of drug-likeness (QED) is 0.285. The molecule has 0 radical (unpaired) electrons. The molecule has 0 atom stereocenters. The van der Waals surface area contributed by atoms with Crippen LogP contribution in [0, 0.1) is 0 Å². The van der Waals surface area contributed by atoms with Crippen LogP contribution in [0.2, 0.25) is 0 Å². The Balaban J connectivity index is 3.02. The summed E-state index contributed by atoms with van der Waals surface area (Å²) in [4.78, 5) is 0. The lowest BCUT2D eigenvalue weighted by atomic mass is 10.0. The number of unbranched alkanes of at least 4 members (excludes halogenated alkanes) is 14. The molecule has 0 aromatic rings. The molecular weight excluding hydrogens is 280 g/mol. The molecule has 0 fully saturated rings. The lowest BCUT2D eigenvalue weighted by molar-refractivity contribution is 0.536. The molecule has 0 saturated carbocycles. The summed E-state index contributed by atoms with van der Waals surface area (Å²) in [5.74, 6) is 0. The summed E-state index contributed by atoms with van der Waals surface area (Å²) < 4.78 is 0. The van der Waals surface area contributed by atoms with Gasteiger partial charge >= 0.3 is 0 Å². The predicted molar refractivity (Wildman–Crippen MR) is 105 cm³/mol. The molecular formula is C21H42N2. The average Bonchev–Trinajstić information content (AvgIpc) is 2.57. The summed E-state index contributed by atoms with van der Waals surface area (Å²) in [6.45, 7) is 3.11. The first-order valence-corrected chi connectivity index (χ1v) is 10.2. The lowest BCUT2D eigenvalue weighted by Gasteiger charge is -2.02. The van der Waals surface area contributed by atoms with Crippen LogP contribution in [0.5, 0.6) is 0 Å². The van der Waals surface area contributed by atoms with Gasteiger partial charge in [0.05, 0.1) is 0 Å². The molecule has 136 valence electrons. The minimum atomic E-state index is 0.825. The van der Waals surface area contributed by atoms with Crippen molar-refractivity contribution in [3.63, 3.8) is 0 Å². The number of allylic oxidation sites excluding steroid dienone is 1. The van der Waals surface area contributed by atoms with Crippen LogP contribution in [0.3, 0.4) is 0 Å². The summed E-state index contributed by atoms with van der Waals surface area (Å²) in [6.07, 6.45) is 28.9. The van der Waals surface area contributed by atoms with Crippen LogP contribution in [0.1, 0.15) is 103 Å². The maximum absolute atomic E-state index is 5.26. The highest BCUT2D eigenvalue weighted by Gasteiger charge is 1.93. The van der Waals surface area contributed by atoms with Crippen molar-refractivity contribution in [1.82, 2.24) is 5.32 Å². The maximum atomic E-state index is 5.26. The third kappa shape index (κ3) is 21.1. The summed E-state index contributed by atoms with van der Waals surface area (Å²) >= 11 is 0. The molecule has 0 amide bonds. The van der Waals surface area contributed by atoms with E-state index in [2.05, 4.69) is 18.3 Å². The summed E-state index contributed by atoms with van der Waals surface area (Å²) in [7, 11) is 0. The number of hydrogen-bond donors (Lipinski definition) is 2. The molecule has 0 unspecified atom stereocenters. The van der Waals surface area contributed by atoms with Crippen LogP contribution < -0.4 is 11.1 Å². The van der Waals surface area contributed by atoms with Gasteiger partial charge in [-0.05, 0) is 31.3 Å². The first-order valence-electron chi connectivity index (χ1n) is 10.2. The number of rotatable bonds is 18. The highest BCUT2D eigenvalue weighted by Crippen LogP contribution is 2.13. The smallest absolute Gasteiger partial charge is 0.0341 e. The van der Waals surface area contributed by atoms with E-state index in [4.69, 9.17) is 5.73 Å². The number of hydrogen-bond acceptors (Lipinski definition) is 2. The Morgan fingerprint density at radius 3 is 1.61 bits per heavy atom. The molecule has 0 aliphatic heterocycles. The van der Waals surface area contributed by atoms with E-state index in [1.807, 2.05) is 12.3 Å². The van der Waals surface area contributed by atoms with Crippen LogP contribution >= 0.6 is 0 Å². The normalized spacial score (nSPS) is 11.7. The second-order valence-electron chi connectivity index (χ2n) is 6.62. The lowest BCUT2D eigenvalue weighted by Crippen LogP contribution is -2.03. The van der Waals surface area contributed by atoms with Crippen molar-refractivity contribution in [2.45, 2.75) is 103 Å². The molecule has 0 spiro atoms. The molecule has 0 bridgehead atoms. The van der Waals surface area contributed by atoms with Gasteiger partial charge in [-0.15, -0.1) is 0 Å². The third-order valence-corrected chi connectivity index (χ3v) is 4.33. The van der Waals surface area contributed by atoms with Gasteiger partial charge in [0, 0.05) is 6.54 Å². The van der Waals surface area contributed by atoms with E-state index in [1.54, 1.807) is 6.20 Å². The first kappa shape index (κ1) is 22.1. The average molecular weight is 323 g/mol. The molecule has 0 aliphatic carbocycles. The van der Waals surface area contributed by atoms with Crippen LogP contribution in [-0.2, 0) is 0 Å². The molecule has 0 aromatic carbocycles. The molecule has 23 heavy (non-hydrogen) atoms. The highest BCUT2D eigenvalue weighted by atomic mass is 14.8. The minimum absolute atomic E-state index is 0.825. The second-order valence-corrected chi connectivity index (χ2v) is 6.62. The maximum Gasteiger partial charge on any atom is 0.0341 e. The van der Waals surface area contributed by atoms with E-state index in [0.29, 0.717) is 0 Å². The van der Waals surface area contributed by atoms with Gasteiger partial charge in [0.2, 0.25) is 0 Å². The summed E-state index contributed by atoms with van der Waals surface area (Å²) in [5, 5.41) is 3.19. The fraction of sp³-hybridized carbons (Fsp3) is 0.810. The van der Waals surface area contributed by atoms with Crippen LogP contribution in [0.4, 0.5) is 0 Å². The second kappa shape index (κ2) is 21.1. The van der Waals surface area contributed by atoms with Gasteiger partial charge in [-0.1, -0.05) is 96.5 Å². The highest BCUT2D eigenvalue weighted by molar-refractivity contribution is 4.85. The van der Waals surface area contributed by atoms with E-state index in [9.17, 15) is 0 Å². The van der Waals surface area contributed by atoms with E-state index in [0.717, 1.165) is 6.54 Å². The van der Waals surface area contributed by atoms with Crippen molar-refractivity contribution in [2.24, 2.45) is 5.73 Å². The van der Waals surface area contributed by atoms with Crippen LogP contribution in [0.15, 0.2) is 24.6 Å². The molecule has 0 saturated heterocycles. The van der Waals surface area contributed by atoms with Gasteiger partial charge in [0.15, 0.2) is 0 Å². The van der Waals surface area contributed by atoms with Crippen molar-refractivity contribution in [1.29, 1.82) is 0 Å². The van der Waals surface area contributed by atoms with Gasteiger partial charge in [0.25, 0.3) is 0 Å². The molecule has 0 aliphatic rings. The fourth-order valence-electron chi connectivity index (χ4n) is 2.83. The van der Waals surface area contributed by atoms with Crippen molar-refractivity contribution >= 4 is 0 Å². The Bertz CT molecular complexity index is 259. The molecule has 0 rings (SSSR count). The van der Waals surface area contributed by atoms with Crippen molar-refractivity contribution in [2.75, 3.05) is 6.54 Å². The Labute approximate surface area is 146 Å². The number of nitrogens with one attached hydrogen (secondary N) is 1. The molecule has 3 N–H and O–H groups in total. The summed E-state index contributed by atoms with van der Waals surface area (Å²) in [6, 6.07) is 0. The topological polar surface area (TPSA) is 38.0 Å². The monoisotopic (exact) mass is 322 g/mol. The van der Waals surface area contributed by atoms with Crippen molar-refractivity contribution in [3.8, 4) is 0 Å². The SMILES string of the molecule is CCCCCCCCCCCCCCCCC=CNCC=CN. The van der Waals surface area contributed by atoms with Gasteiger partial charge in [-0.2, -0.15) is 0 Å². The van der Waals surface area contributed by atoms with Gasteiger partial charge in [-0.3, -0.25) is 0 Å². The first-order chi connectivity index (χ1) is 11.4. The fourth-order valence-corrected chi connectivity index (χ4v) is 2.83. The van der Waals surface area contributed by atoms with Crippen molar-refractivity contribution < 1.29 is 0 Å². The predicted octanol–water partition coefficient (Wildman–Crippen LogP) is 6.43. The van der Waals surface area contributed by atoms with Crippen molar-refractivity contribution in [3.05, 3.63) is 24.6 Å². The molecule has 0 heterocycles. The Kier molecular flexibility index (Phi) is 20.2. The van der Waals surface area contributed by atoms with Crippen LogP contribution in [-0.4, -0.2) is 6.54 Å². The van der Waals surface area contributed by atoms with Gasteiger partial charge in [-0.25, -0.2) is 0 Å². The Morgan fingerprint density at radius 2 is 1.13 bits per heavy atom.